The lowest BCUT2D eigenvalue weighted by Crippen LogP contribution is -2.26. The van der Waals surface area contributed by atoms with E-state index in [-0.39, 0.29) is 0 Å². The quantitative estimate of drug-likeness (QED) is 0.776. The van der Waals surface area contributed by atoms with Crippen molar-refractivity contribution in [1.29, 1.82) is 0 Å². The van der Waals surface area contributed by atoms with Crippen LogP contribution in [0, 0.1) is 17.8 Å². The Labute approximate surface area is 107 Å². The van der Waals surface area contributed by atoms with E-state index in [0.717, 1.165) is 37.1 Å². The highest BCUT2D eigenvalue weighted by Gasteiger charge is 2.41. The highest BCUT2D eigenvalue weighted by molar-refractivity contribution is 6.30. The van der Waals surface area contributed by atoms with Crippen molar-refractivity contribution in [3.8, 4) is 0 Å². The Morgan fingerprint density at radius 3 is 2.24 bits per heavy atom. The summed E-state index contributed by atoms with van der Waals surface area (Å²) in [7, 11) is 0. The predicted octanol–water partition coefficient (Wildman–Crippen LogP) is 3.89. The molecule has 0 aliphatic heterocycles. The largest absolute Gasteiger partial charge is 0.299 e. The number of Topliss-reactive ketones (excluding diaryl/α,β-unsaturated/α-hetero) is 1. The summed E-state index contributed by atoms with van der Waals surface area (Å²) in [6, 6.07) is 8.14. The van der Waals surface area contributed by atoms with E-state index in [0.29, 0.717) is 23.5 Å². The first-order valence-corrected chi connectivity index (χ1v) is 6.88. The van der Waals surface area contributed by atoms with E-state index in [1.54, 1.807) is 0 Å². The van der Waals surface area contributed by atoms with Gasteiger partial charge in [0.25, 0.3) is 0 Å². The van der Waals surface area contributed by atoms with E-state index >= 15 is 0 Å². The summed E-state index contributed by atoms with van der Waals surface area (Å²) >= 11 is 5.89. The molecule has 0 radical (unpaired) electrons. The molecule has 1 aromatic carbocycles. The predicted molar refractivity (Wildman–Crippen MR) is 69.1 cm³/mol. The number of fused-ring (bicyclic) bond motifs is 2. The van der Waals surface area contributed by atoms with Crippen molar-refractivity contribution >= 4 is 17.4 Å². The van der Waals surface area contributed by atoms with E-state index < -0.39 is 0 Å². The van der Waals surface area contributed by atoms with Gasteiger partial charge in [-0.3, -0.25) is 4.79 Å². The Morgan fingerprint density at radius 1 is 1.06 bits per heavy atom. The molecule has 0 spiro atoms. The topological polar surface area (TPSA) is 17.1 Å². The molecule has 0 heterocycles. The van der Waals surface area contributed by atoms with Crippen LogP contribution in [0.5, 0.6) is 0 Å². The molecule has 2 bridgehead atoms. The number of halogens is 1. The molecule has 2 fully saturated rings. The van der Waals surface area contributed by atoms with E-state index in [9.17, 15) is 4.79 Å². The van der Waals surface area contributed by atoms with Gasteiger partial charge in [-0.05, 0) is 55.7 Å². The standard InChI is InChI=1S/C15H17ClO/c16-14-5-1-10(2-6-14)7-11-8-12-3-4-13(9-11)15(12)17/h1-2,5-6,11-13H,3-4,7-9H2. The molecule has 3 rings (SSSR count). The van der Waals surface area contributed by atoms with Crippen LogP contribution in [0.4, 0.5) is 0 Å². The maximum absolute atomic E-state index is 11.8. The lowest BCUT2D eigenvalue weighted by atomic mass is 9.77. The van der Waals surface area contributed by atoms with Gasteiger partial charge in [0.05, 0.1) is 0 Å². The van der Waals surface area contributed by atoms with Gasteiger partial charge < -0.3 is 0 Å². The van der Waals surface area contributed by atoms with Crippen LogP contribution in [0.15, 0.2) is 24.3 Å². The number of hydrogen-bond acceptors (Lipinski definition) is 1. The fraction of sp³-hybridized carbons (Fsp3) is 0.533. The minimum absolute atomic E-state index is 0.381. The number of rotatable bonds is 2. The first kappa shape index (κ1) is 11.3. The molecule has 0 amide bonds. The molecule has 2 aliphatic carbocycles. The fourth-order valence-corrected chi connectivity index (χ4v) is 3.64. The van der Waals surface area contributed by atoms with Crippen LogP contribution in [-0.4, -0.2) is 5.78 Å². The highest BCUT2D eigenvalue weighted by atomic mass is 35.5. The zero-order valence-electron chi connectivity index (χ0n) is 9.86. The van der Waals surface area contributed by atoms with Crippen LogP contribution in [0.25, 0.3) is 0 Å². The van der Waals surface area contributed by atoms with Crippen molar-refractivity contribution in [3.05, 3.63) is 34.9 Å². The van der Waals surface area contributed by atoms with Crippen LogP contribution in [0.3, 0.4) is 0 Å². The zero-order valence-corrected chi connectivity index (χ0v) is 10.6. The molecule has 0 aromatic heterocycles. The Bertz CT molecular complexity index is 407. The van der Waals surface area contributed by atoms with Gasteiger partial charge in [0.15, 0.2) is 0 Å². The van der Waals surface area contributed by atoms with Gasteiger partial charge in [0.2, 0.25) is 0 Å². The smallest absolute Gasteiger partial charge is 0.139 e. The molecule has 2 heteroatoms. The number of ketones is 1. The van der Waals surface area contributed by atoms with Crippen LogP contribution in [0.1, 0.15) is 31.2 Å². The first-order chi connectivity index (χ1) is 8.22. The van der Waals surface area contributed by atoms with Crippen molar-refractivity contribution in [2.75, 3.05) is 0 Å². The summed E-state index contributed by atoms with van der Waals surface area (Å²) in [6.45, 7) is 0. The maximum Gasteiger partial charge on any atom is 0.139 e. The van der Waals surface area contributed by atoms with Crippen LogP contribution >= 0.6 is 11.6 Å². The van der Waals surface area contributed by atoms with Crippen molar-refractivity contribution in [2.24, 2.45) is 17.8 Å². The Hall–Kier alpha value is -0.820. The van der Waals surface area contributed by atoms with Gasteiger partial charge in [-0.25, -0.2) is 0 Å². The molecular weight excluding hydrogens is 232 g/mol. The average Bonchev–Trinajstić information content (AvgIpc) is 2.55. The van der Waals surface area contributed by atoms with Crippen LogP contribution < -0.4 is 0 Å². The third-order valence-electron chi connectivity index (χ3n) is 4.34. The fourth-order valence-electron chi connectivity index (χ4n) is 3.51. The third-order valence-corrected chi connectivity index (χ3v) is 4.59. The summed E-state index contributed by atoms with van der Waals surface area (Å²) in [5.74, 6) is 2.01. The molecule has 1 nitrogen and oxygen atoms in total. The Morgan fingerprint density at radius 2 is 1.65 bits per heavy atom. The second-order valence-electron chi connectivity index (χ2n) is 5.54. The van der Waals surface area contributed by atoms with Crippen LogP contribution in [0.2, 0.25) is 5.02 Å². The molecule has 2 atom stereocenters. The molecule has 17 heavy (non-hydrogen) atoms. The van der Waals surface area contributed by atoms with Crippen LogP contribution in [-0.2, 0) is 11.2 Å². The number of hydrogen-bond donors (Lipinski definition) is 0. The molecule has 1 aromatic rings. The number of carbonyl (C=O) groups excluding carboxylic acids is 1. The molecular formula is C15H17ClO. The molecule has 2 unspecified atom stereocenters. The Kier molecular flexibility index (Phi) is 2.96. The van der Waals surface area contributed by atoms with Gasteiger partial charge in [0.1, 0.15) is 5.78 Å². The van der Waals surface area contributed by atoms with E-state index in [4.69, 9.17) is 11.6 Å². The van der Waals surface area contributed by atoms with Gasteiger partial charge in [-0.2, -0.15) is 0 Å². The molecule has 2 aliphatic rings. The summed E-state index contributed by atoms with van der Waals surface area (Å²) in [5, 5.41) is 0.799. The summed E-state index contributed by atoms with van der Waals surface area (Å²) < 4.78 is 0. The number of benzene rings is 1. The Balaban J connectivity index is 1.67. The lowest BCUT2D eigenvalue weighted by molar-refractivity contribution is -0.126. The van der Waals surface area contributed by atoms with E-state index in [1.165, 1.54) is 5.56 Å². The van der Waals surface area contributed by atoms with Crippen molar-refractivity contribution in [2.45, 2.75) is 32.1 Å². The zero-order chi connectivity index (χ0) is 11.8. The minimum atomic E-state index is 0.381. The summed E-state index contributed by atoms with van der Waals surface area (Å²) in [4.78, 5) is 11.8. The van der Waals surface area contributed by atoms with Gasteiger partial charge in [-0.1, -0.05) is 23.7 Å². The summed E-state index contributed by atoms with van der Waals surface area (Å²) in [5.41, 5.74) is 1.35. The van der Waals surface area contributed by atoms with E-state index in [2.05, 4.69) is 12.1 Å². The maximum atomic E-state index is 11.8. The normalized spacial score (nSPS) is 31.8. The molecule has 2 saturated carbocycles. The SMILES string of the molecule is O=C1C2CCC1CC(Cc1ccc(Cl)cc1)C2. The first-order valence-electron chi connectivity index (χ1n) is 6.50. The van der Waals surface area contributed by atoms with Gasteiger partial charge in [0, 0.05) is 16.9 Å². The monoisotopic (exact) mass is 248 g/mol. The molecule has 0 N–H and O–H groups in total. The van der Waals surface area contributed by atoms with Crippen molar-refractivity contribution in [1.82, 2.24) is 0 Å². The van der Waals surface area contributed by atoms with Crippen molar-refractivity contribution < 1.29 is 4.79 Å². The van der Waals surface area contributed by atoms with Crippen molar-refractivity contribution in [3.63, 3.8) is 0 Å². The highest BCUT2D eigenvalue weighted by Crippen LogP contribution is 2.43. The van der Waals surface area contributed by atoms with E-state index in [1.807, 2.05) is 12.1 Å². The lowest BCUT2D eigenvalue weighted by Gasteiger charge is -2.26. The second kappa shape index (κ2) is 4.45. The minimum Gasteiger partial charge on any atom is -0.299 e. The number of carbonyl (C=O) groups is 1. The second-order valence-corrected chi connectivity index (χ2v) is 5.98. The van der Waals surface area contributed by atoms with Gasteiger partial charge >= 0.3 is 0 Å². The third kappa shape index (κ3) is 2.26. The average molecular weight is 249 g/mol. The molecule has 0 saturated heterocycles. The molecule has 90 valence electrons. The summed E-state index contributed by atoms with van der Waals surface area (Å²) in [6.07, 6.45) is 5.61. The van der Waals surface area contributed by atoms with Gasteiger partial charge in [-0.15, -0.1) is 0 Å².